The number of nitrogens with one attached hydrogen (secondary N) is 1. The van der Waals surface area contributed by atoms with E-state index in [1.54, 1.807) is 54.6 Å². The Morgan fingerprint density at radius 2 is 1.74 bits per heavy atom. The summed E-state index contributed by atoms with van der Waals surface area (Å²) in [6.45, 7) is -0.541. The molecule has 2 aromatic carbocycles. The molecule has 0 saturated heterocycles. The smallest absolute Gasteiger partial charge is 0.349 e. The topological polar surface area (TPSA) is 112 Å². The number of nitriles is 2. The Bertz CT molecular complexity index is 933. The van der Waals surface area contributed by atoms with Crippen LogP contribution in [-0.4, -0.2) is 25.6 Å². The van der Waals surface area contributed by atoms with E-state index in [9.17, 15) is 9.59 Å². The highest BCUT2D eigenvalue weighted by Gasteiger charge is 2.13. The van der Waals surface area contributed by atoms with Crippen molar-refractivity contribution in [2.75, 3.05) is 19.0 Å². The molecule has 0 heterocycles. The van der Waals surface area contributed by atoms with Gasteiger partial charge in [-0.05, 0) is 48.0 Å². The van der Waals surface area contributed by atoms with Crippen LogP contribution in [0.2, 0.25) is 0 Å². The Labute approximate surface area is 156 Å². The third-order valence-corrected chi connectivity index (χ3v) is 3.40. The molecule has 0 radical (unpaired) electrons. The summed E-state index contributed by atoms with van der Waals surface area (Å²) in [4.78, 5) is 23.8. The number of anilines is 1. The fourth-order valence-electron chi connectivity index (χ4n) is 2.04. The number of methoxy groups -OCH3 is 1. The molecule has 0 fully saturated rings. The fraction of sp³-hybridized carbons (Fsp3) is 0.100. The molecule has 2 rings (SSSR count). The van der Waals surface area contributed by atoms with Crippen LogP contribution in [0, 0.1) is 22.7 Å². The van der Waals surface area contributed by atoms with Gasteiger partial charge in [0.1, 0.15) is 17.4 Å². The van der Waals surface area contributed by atoms with Crippen molar-refractivity contribution in [2.45, 2.75) is 0 Å². The van der Waals surface area contributed by atoms with Gasteiger partial charge in [0.25, 0.3) is 5.91 Å². The van der Waals surface area contributed by atoms with Crippen LogP contribution in [0.25, 0.3) is 6.08 Å². The van der Waals surface area contributed by atoms with Crippen LogP contribution < -0.4 is 10.1 Å². The number of ether oxygens (including phenoxy) is 2. The molecule has 0 spiro atoms. The van der Waals surface area contributed by atoms with Crippen LogP contribution in [0.3, 0.4) is 0 Å². The van der Waals surface area contributed by atoms with Crippen molar-refractivity contribution in [2.24, 2.45) is 0 Å². The third kappa shape index (κ3) is 5.73. The van der Waals surface area contributed by atoms with E-state index in [-0.39, 0.29) is 5.57 Å². The molecule has 0 saturated carbocycles. The van der Waals surface area contributed by atoms with Crippen molar-refractivity contribution < 1.29 is 19.1 Å². The van der Waals surface area contributed by atoms with Crippen molar-refractivity contribution >= 4 is 23.6 Å². The predicted octanol–water partition coefficient (Wildman–Crippen LogP) is 2.66. The molecule has 0 aliphatic carbocycles. The molecular formula is C20H15N3O4. The Morgan fingerprint density at radius 3 is 2.30 bits per heavy atom. The highest BCUT2D eigenvalue weighted by molar-refractivity contribution is 6.00. The number of hydrogen-bond acceptors (Lipinski definition) is 6. The van der Waals surface area contributed by atoms with E-state index >= 15 is 0 Å². The minimum absolute atomic E-state index is 0.230. The first kappa shape index (κ1) is 19.2. The zero-order chi connectivity index (χ0) is 19.6. The second kappa shape index (κ2) is 9.40. The first-order valence-corrected chi connectivity index (χ1v) is 7.78. The molecule has 7 heteroatoms. The van der Waals surface area contributed by atoms with Crippen LogP contribution >= 0.6 is 0 Å². The number of carbonyl (C=O) groups excluding carboxylic acids is 2. The minimum Gasteiger partial charge on any atom is -0.497 e. The van der Waals surface area contributed by atoms with Crippen LogP contribution in [0.15, 0.2) is 54.1 Å². The molecule has 0 atom stereocenters. The molecule has 1 N–H and O–H groups in total. The monoisotopic (exact) mass is 361 g/mol. The van der Waals surface area contributed by atoms with Crippen LogP contribution in [0.5, 0.6) is 5.75 Å². The lowest BCUT2D eigenvalue weighted by Crippen LogP contribution is -2.21. The van der Waals surface area contributed by atoms with Crippen molar-refractivity contribution in [3.05, 3.63) is 65.2 Å². The number of esters is 1. The summed E-state index contributed by atoms with van der Waals surface area (Å²) in [6.07, 6.45) is 1.36. The molecule has 0 unspecified atom stereocenters. The summed E-state index contributed by atoms with van der Waals surface area (Å²) in [6, 6.07) is 16.7. The van der Waals surface area contributed by atoms with Gasteiger partial charge in [0.2, 0.25) is 0 Å². The van der Waals surface area contributed by atoms with E-state index in [0.717, 1.165) is 0 Å². The summed E-state index contributed by atoms with van der Waals surface area (Å²) in [7, 11) is 1.53. The van der Waals surface area contributed by atoms with Gasteiger partial charge in [-0.3, -0.25) is 4.79 Å². The van der Waals surface area contributed by atoms with Crippen LogP contribution in [0.4, 0.5) is 5.69 Å². The first-order chi connectivity index (χ1) is 13.0. The number of carbonyl (C=O) groups is 2. The maximum absolute atomic E-state index is 12.0. The Hall–Kier alpha value is -4.10. The summed E-state index contributed by atoms with van der Waals surface area (Å²) in [5.74, 6) is -0.814. The molecule has 134 valence electrons. The second-order valence-corrected chi connectivity index (χ2v) is 5.26. The summed E-state index contributed by atoms with van der Waals surface area (Å²) in [5, 5.41) is 20.4. The average Bonchev–Trinajstić information content (AvgIpc) is 2.71. The summed E-state index contributed by atoms with van der Waals surface area (Å²) < 4.78 is 9.91. The van der Waals surface area contributed by atoms with Gasteiger partial charge in [-0.1, -0.05) is 12.1 Å². The Morgan fingerprint density at radius 1 is 1.07 bits per heavy atom. The van der Waals surface area contributed by atoms with Crippen molar-refractivity contribution in [3.63, 3.8) is 0 Å². The molecule has 2 aromatic rings. The van der Waals surface area contributed by atoms with Crippen molar-refractivity contribution in [1.82, 2.24) is 0 Å². The van der Waals surface area contributed by atoms with Gasteiger partial charge in [-0.2, -0.15) is 10.5 Å². The van der Waals surface area contributed by atoms with Crippen LogP contribution in [0.1, 0.15) is 11.1 Å². The molecule has 0 aliphatic heterocycles. The standard InChI is InChI=1S/C20H15N3O4/c1-26-18-8-4-14(5-9-18)10-16(12-22)20(25)27-13-19(24)23-17-6-2-15(11-21)3-7-17/h2-10H,13H2,1H3,(H,23,24)/b16-10+. The van der Waals surface area contributed by atoms with Gasteiger partial charge in [0.15, 0.2) is 6.61 Å². The van der Waals surface area contributed by atoms with Gasteiger partial charge in [-0.15, -0.1) is 0 Å². The zero-order valence-corrected chi connectivity index (χ0v) is 14.4. The van der Waals surface area contributed by atoms with E-state index in [2.05, 4.69) is 5.32 Å². The molecule has 0 aromatic heterocycles. The first-order valence-electron chi connectivity index (χ1n) is 7.78. The third-order valence-electron chi connectivity index (χ3n) is 3.40. The summed E-state index contributed by atoms with van der Waals surface area (Å²) in [5.41, 5.74) is 1.31. The lowest BCUT2D eigenvalue weighted by atomic mass is 10.1. The lowest BCUT2D eigenvalue weighted by molar-refractivity contribution is -0.142. The second-order valence-electron chi connectivity index (χ2n) is 5.26. The summed E-state index contributed by atoms with van der Waals surface area (Å²) >= 11 is 0. The lowest BCUT2D eigenvalue weighted by Gasteiger charge is -2.06. The van der Waals surface area contributed by atoms with Crippen LogP contribution in [-0.2, 0) is 14.3 Å². The number of amides is 1. The van der Waals surface area contributed by atoms with E-state index in [1.165, 1.54) is 13.2 Å². The molecule has 1 amide bonds. The molecular weight excluding hydrogens is 346 g/mol. The Balaban J connectivity index is 1.93. The van der Waals surface area contributed by atoms with Crippen molar-refractivity contribution in [3.8, 4) is 17.9 Å². The normalized spacial score (nSPS) is 10.3. The average molecular weight is 361 g/mol. The molecule has 7 nitrogen and oxygen atoms in total. The van der Waals surface area contributed by atoms with Gasteiger partial charge in [-0.25, -0.2) is 4.79 Å². The zero-order valence-electron chi connectivity index (χ0n) is 14.4. The molecule has 0 aliphatic rings. The minimum atomic E-state index is -0.900. The SMILES string of the molecule is COc1ccc(/C=C(\C#N)C(=O)OCC(=O)Nc2ccc(C#N)cc2)cc1. The maximum atomic E-state index is 12.0. The van der Waals surface area contributed by atoms with Gasteiger partial charge in [0.05, 0.1) is 18.7 Å². The van der Waals surface area contributed by atoms with E-state index in [4.69, 9.17) is 20.0 Å². The predicted molar refractivity (Wildman–Crippen MR) is 97.3 cm³/mol. The molecule has 27 heavy (non-hydrogen) atoms. The number of benzene rings is 2. The highest BCUT2D eigenvalue weighted by Crippen LogP contribution is 2.14. The maximum Gasteiger partial charge on any atom is 0.349 e. The van der Waals surface area contributed by atoms with Gasteiger partial charge >= 0.3 is 5.97 Å². The fourth-order valence-corrected chi connectivity index (χ4v) is 2.04. The van der Waals surface area contributed by atoms with E-state index in [0.29, 0.717) is 22.6 Å². The Kier molecular flexibility index (Phi) is 6.69. The largest absolute Gasteiger partial charge is 0.497 e. The van der Waals surface area contributed by atoms with Gasteiger partial charge in [0, 0.05) is 5.69 Å². The van der Waals surface area contributed by atoms with E-state index < -0.39 is 18.5 Å². The number of nitrogens with zero attached hydrogens (tertiary/aromatic N) is 2. The highest BCUT2D eigenvalue weighted by atomic mass is 16.5. The molecule has 0 bridgehead atoms. The van der Waals surface area contributed by atoms with E-state index in [1.807, 2.05) is 6.07 Å². The quantitative estimate of drug-likeness (QED) is 0.481. The number of hydrogen-bond donors (Lipinski definition) is 1. The number of rotatable bonds is 6. The van der Waals surface area contributed by atoms with Crippen molar-refractivity contribution in [1.29, 1.82) is 10.5 Å². The van der Waals surface area contributed by atoms with Gasteiger partial charge < -0.3 is 14.8 Å².